The number of carbonyl (C=O) groups excluding carboxylic acids is 1. The number of Topliss-reactive ketones (excluding diaryl/α,β-unsaturated/α-hetero) is 1. The number of alkyl halides is 2. The average molecular weight is 282 g/mol. The molecule has 0 aromatic carbocycles. The first kappa shape index (κ1) is 7.95. The van der Waals surface area contributed by atoms with E-state index in [1.54, 1.807) is 0 Å². The summed E-state index contributed by atoms with van der Waals surface area (Å²) in [5.41, 5.74) is 0. The van der Waals surface area contributed by atoms with Gasteiger partial charge in [0.05, 0.1) is 12.2 Å². The van der Waals surface area contributed by atoms with Crippen molar-refractivity contribution < 1.29 is 9.53 Å². The molecule has 2 rings (SSSR count). The fourth-order valence-electron chi connectivity index (χ4n) is 1.30. The van der Waals surface area contributed by atoms with Gasteiger partial charge < -0.3 is 4.74 Å². The van der Waals surface area contributed by atoms with Crippen LogP contribution in [0, 0.1) is 0 Å². The molecule has 0 aromatic rings. The Kier molecular flexibility index (Phi) is 1.93. The van der Waals surface area contributed by atoms with Gasteiger partial charge in [0.25, 0.3) is 0 Å². The molecule has 2 aliphatic heterocycles. The van der Waals surface area contributed by atoms with E-state index < -0.39 is 0 Å². The highest BCUT2D eigenvalue weighted by Gasteiger charge is 2.43. The predicted octanol–water partition coefficient (Wildman–Crippen LogP) is 1.42. The topological polar surface area (TPSA) is 26.3 Å². The average Bonchev–Trinajstić information content (AvgIpc) is 2.44. The molecule has 11 heavy (non-hydrogen) atoms. The van der Waals surface area contributed by atoms with Gasteiger partial charge in [-0.25, -0.2) is 0 Å². The normalized spacial score (nSPS) is 48.4. The van der Waals surface area contributed by atoms with E-state index in [-0.39, 0.29) is 27.6 Å². The van der Waals surface area contributed by atoms with Crippen molar-refractivity contribution in [1.29, 1.82) is 0 Å². The van der Waals surface area contributed by atoms with Crippen molar-refractivity contribution in [3.05, 3.63) is 12.2 Å². The molecule has 0 spiro atoms. The van der Waals surface area contributed by atoms with E-state index in [0.717, 1.165) is 0 Å². The van der Waals surface area contributed by atoms with E-state index in [1.807, 2.05) is 12.2 Å². The highest BCUT2D eigenvalue weighted by atomic mass is 79.9. The van der Waals surface area contributed by atoms with Gasteiger partial charge in [-0.1, -0.05) is 44.0 Å². The Balaban J connectivity index is 2.29. The minimum absolute atomic E-state index is 0.0544. The standard InChI is InChI=1S/C7H6Br2O2/c8-5-3-1-2-4(11-3)6(9)7(5)10/h1-6H. The second-order valence-electron chi connectivity index (χ2n) is 2.66. The van der Waals surface area contributed by atoms with Gasteiger partial charge in [0, 0.05) is 0 Å². The number of carbonyl (C=O) groups is 1. The third-order valence-corrected chi connectivity index (χ3v) is 3.87. The number of halogens is 2. The summed E-state index contributed by atoms with van der Waals surface area (Å²) in [6.07, 6.45) is 3.76. The van der Waals surface area contributed by atoms with Gasteiger partial charge in [-0.2, -0.15) is 0 Å². The molecule has 4 atom stereocenters. The summed E-state index contributed by atoms with van der Waals surface area (Å²) in [5, 5.41) is 0. The molecule has 0 N–H and O–H groups in total. The highest BCUT2D eigenvalue weighted by molar-refractivity contribution is 9.10. The summed E-state index contributed by atoms with van der Waals surface area (Å²) >= 11 is 6.58. The molecule has 1 saturated heterocycles. The fraction of sp³-hybridized carbons (Fsp3) is 0.571. The number of hydrogen-bond donors (Lipinski definition) is 0. The van der Waals surface area contributed by atoms with Gasteiger partial charge in [0.1, 0.15) is 9.65 Å². The first-order valence-corrected chi connectivity index (χ1v) is 5.19. The second-order valence-corrected chi connectivity index (χ2v) is 4.63. The van der Waals surface area contributed by atoms with Crippen LogP contribution in [0.3, 0.4) is 0 Å². The van der Waals surface area contributed by atoms with E-state index in [9.17, 15) is 4.79 Å². The van der Waals surface area contributed by atoms with Gasteiger partial charge in [-0.15, -0.1) is 0 Å². The molecule has 2 nitrogen and oxygen atoms in total. The molecule has 4 heteroatoms. The van der Waals surface area contributed by atoms with E-state index in [1.165, 1.54) is 0 Å². The molecular weight excluding hydrogens is 276 g/mol. The van der Waals surface area contributed by atoms with Crippen LogP contribution in [0.1, 0.15) is 0 Å². The highest BCUT2D eigenvalue weighted by Crippen LogP contribution is 2.32. The van der Waals surface area contributed by atoms with Crippen LogP contribution in [0.4, 0.5) is 0 Å². The summed E-state index contributed by atoms with van der Waals surface area (Å²) in [6.45, 7) is 0. The fourth-order valence-corrected chi connectivity index (χ4v) is 2.83. The maximum absolute atomic E-state index is 11.4. The summed E-state index contributed by atoms with van der Waals surface area (Å²) in [4.78, 5) is 11.0. The maximum Gasteiger partial charge on any atom is 0.165 e. The maximum atomic E-state index is 11.4. The molecule has 0 radical (unpaired) electrons. The summed E-state index contributed by atoms with van der Waals surface area (Å²) in [5.74, 6) is 0.177. The van der Waals surface area contributed by atoms with Gasteiger partial charge in [0.15, 0.2) is 5.78 Å². The van der Waals surface area contributed by atoms with Crippen molar-refractivity contribution >= 4 is 37.6 Å². The number of fused-ring (bicyclic) bond motifs is 2. The third kappa shape index (κ3) is 1.12. The Hall–Kier alpha value is 0.330. The zero-order valence-electron chi connectivity index (χ0n) is 5.54. The molecule has 1 fully saturated rings. The first-order chi connectivity index (χ1) is 5.20. The lowest BCUT2D eigenvalue weighted by Gasteiger charge is -2.28. The molecule has 4 unspecified atom stereocenters. The Labute approximate surface area is 81.2 Å². The van der Waals surface area contributed by atoms with Crippen LogP contribution in [0.15, 0.2) is 12.2 Å². The number of ether oxygens (including phenoxy) is 1. The van der Waals surface area contributed by atoms with Gasteiger partial charge >= 0.3 is 0 Å². The molecule has 2 heterocycles. The Morgan fingerprint density at radius 3 is 2.09 bits per heavy atom. The van der Waals surface area contributed by atoms with Gasteiger partial charge in [-0.05, 0) is 0 Å². The quantitative estimate of drug-likeness (QED) is 0.496. The summed E-state index contributed by atoms with van der Waals surface area (Å²) < 4.78 is 5.47. The molecule has 2 aliphatic rings. The predicted molar refractivity (Wildman–Crippen MR) is 48.2 cm³/mol. The first-order valence-electron chi connectivity index (χ1n) is 3.36. The Morgan fingerprint density at radius 1 is 1.18 bits per heavy atom. The summed E-state index contributed by atoms with van der Waals surface area (Å²) in [7, 11) is 0. The molecule has 0 aromatic heterocycles. The van der Waals surface area contributed by atoms with E-state index >= 15 is 0 Å². The molecule has 60 valence electrons. The monoisotopic (exact) mass is 280 g/mol. The van der Waals surface area contributed by atoms with Crippen molar-refractivity contribution in [2.24, 2.45) is 0 Å². The van der Waals surface area contributed by atoms with Crippen LogP contribution in [-0.2, 0) is 9.53 Å². The number of hydrogen-bond acceptors (Lipinski definition) is 2. The molecule has 0 amide bonds. The lowest BCUT2D eigenvalue weighted by Crippen LogP contribution is -2.44. The van der Waals surface area contributed by atoms with E-state index in [4.69, 9.17) is 4.74 Å². The van der Waals surface area contributed by atoms with Crippen molar-refractivity contribution in [2.75, 3.05) is 0 Å². The van der Waals surface area contributed by atoms with E-state index in [0.29, 0.717) is 0 Å². The van der Waals surface area contributed by atoms with Crippen LogP contribution in [-0.4, -0.2) is 27.6 Å². The number of rotatable bonds is 0. The van der Waals surface area contributed by atoms with Gasteiger partial charge in [-0.3, -0.25) is 4.79 Å². The summed E-state index contributed by atoms with van der Waals surface area (Å²) in [6, 6.07) is 0. The largest absolute Gasteiger partial charge is 0.364 e. The van der Waals surface area contributed by atoms with Crippen molar-refractivity contribution in [3.8, 4) is 0 Å². The van der Waals surface area contributed by atoms with Crippen LogP contribution in [0.5, 0.6) is 0 Å². The van der Waals surface area contributed by atoms with Crippen LogP contribution < -0.4 is 0 Å². The van der Waals surface area contributed by atoms with Crippen LogP contribution in [0.25, 0.3) is 0 Å². The Morgan fingerprint density at radius 2 is 1.64 bits per heavy atom. The molecule has 0 saturated carbocycles. The molecular formula is C7H6Br2O2. The minimum Gasteiger partial charge on any atom is -0.364 e. The third-order valence-electron chi connectivity index (χ3n) is 1.93. The minimum atomic E-state index is -0.179. The second kappa shape index (κ2) is 2.68. The Bertz CT molecular complexity index is 206. The molecule has 0 aliphatic carbocycles. The van der Waals surface area contributed by atoms with Gasteiger partial charge in [0.2, 0.25) is 0 Å². The van der Waals surface area contributed by atoms with Crippen molar-refractivity contribution in [3.63, 3.8) is 0 Å². The van der Waals surface area contributed by atoms with E-state index in [2.05, 4.69) is 31.9 Å². The van der Waals surface area contributed by atoms with Crippen LogP contribution in [0.2, 0.25) is 0 Å². The zero-order valence-corrected chi connectivity index (χ0v) is 8.71. The molecule has 2 bridgehead atoms. The zero-order chi connectivity index (χ0) is 8.01. The lowest BCUT2D eigenvalue weighted by molar-refractivity contribution is -0.125. The lowest BCUT2D eigenvalue weighted by atomic mass is 10.1. The van der Waals surface area contributed by atoms with Crippen LogP contribution >= 0.6 is 31.9 Å². The SMILES string of the molecule is O=C1C(Br)C2C=CC(O2)C1Br. The van der Waals surface area contributed by atoms with Crippen molar-refractivity contribution in [2.45, 2.75) is 21.9 Å². The van der Waals surface area contributed by atoms with Crippen molar-refractivity contribution in [1.82, 2.24) is 0 Å². The number of ketones is 1. The smallest absolute Gasteiger partial charge is 0.165 e.